The molecule has 0 aliphatic carbocycles. The van der Waals surface area contributed by atoms with E-state index in [2.05, 4.69) is 24.0 Å². The van der Waals surface area contributed by atoms with E-state index in [1.54, 1.807) is 0 Å². The van der Waals surface area contributed by atoms with Crippen molar-refractivity contribution in [2.24, 2.45) is 0 Å². The standard InChI is InChI=1S/C21H24N2O/c1-2-3-15-23(18-9-5-4-6-10-18)21(24)14-13-17-16-22-20-12-8-7-11-19(17)20/h4-12,16,22H,2-3,13-15H2,1H3. The van der Waals surface area contributed by atoms with Gasteiger partial charge in [-0.2, -0.15) is 0 Å². The van der Waals surface area contributed by atoms with E-state index in [1.807, 2.05) is 53.6 Å². The topological polar surface area (TPSA) is 36.1 Å². The molecule has 24 heavy (non-hydrogen) atoms. The minimum absolute atomic E-state index is 0.194. The van der Waals surface area contributed by atoms with Crippen molar-refractivity contribution in [1.29, 1.82) is 0 Å². The summed E-state index contributed by atoms with van der Waals surface area (Å²) in [6.07, 6.45) is 5.42. The molecule has 0 spiro atoms. The maximum Gasteiger partial charge on any atom is 0.227 e. The summed E-state index contributed by atoms with van der Waals surface area (Å²) in [7, 11) is 0. The number of unbranched alkanes of at least 4 members (excludes halogenated alkanes) is 1. The summed E-state index contributed by atoms with van der Waals surface area (Å²) in [5.41, 5.74) is 3.34. The Hall–Kier alpha value is -2.55. The van der Waals surface area contributed by atoms with Crippen LogP contribution in [0.15, 0.2) is 60.8 Å². The number of carbonyl (C=O) groups is 1. The van der Waals surface area contributed by atoms with Crippen LogP contribution in [0.5, 0.6) is 0 Å². The van der Waals surface area contributed by atoms with E-state index < -0.39 is 0 Å². The van der Waals surface area contributed by atoms with Crippen molar-refractivity contribution in [3.05, 3.63) is 66.4 Å². The number of benzene rings is 2. The maximum atomic E-state index is 12.8. The Bertz CT molecular complexity index is 792. The average molecular weight is 320 g/mol. The monoisotopic (exact) mass is 320 g/mol. The highest BCUT2D eigenvalue weighted by molar-refractivity contribution is 5.94. The maximum absolute atomic E-state index is 12.8. The van der Waals surface area contributed by atoms with Gasteiger partial charge in [-0.25, -0.2) is 0 Å². The fraction of sp³-hybridized carbons (Fsp3) is 0.286. The molecule has 0 bridgehead atoms. The second kappa shape index (κ2) is 7.82. The first kappa shape index (κ1) is 16.3. The van der Waals surface area contributed by atoms with E-state index in [1.165, 1.54) is 10.9 Å². The number of para-hydroxylation sites is 2. The SMILES string of the molecule is CCCCN(C(=O)CCc1c[nH]c2ccccc12)c1ccccc1. The molecule has 0 saturated carbocycles. The largest absolute Gasteiger partial charge is 0.361 e. The Morgan fingerprint density at radius 1 is 1.04 bits per heavy atom. The van der Waals surface area contributed by atoms with Crippen LogP contribution in [0.1, 0.15) is 31.7 Å². The molecule has 3 nitrogen and oxygen atoms in total. The minimum atomic E-state index is 0.194. The summed E-state index contributed by atoms with van der Waals surface area (Å²) in [6, 6.07) is 18.2. The smallest absolute Gasteiger partial charge is 0.227 e. The van der Waals surface area contributed by atoms with Crippen LogP contribution in [-0.4, -0.2) is 17.4 Å². The quantitative estimate of drug-likeness (QED) is 0.658. The van der Waals surface area contributed by atoms with Gasteiger partial charge in [0.15, 0.2) is 0 Å². The molecule has 3 rings (SSSR count). The van der Waals surface area contributed by atoms with Crippen molar-refractivity contribution < 1.29 is 4.79 Å². The molecule has 3 heteroatoms. The Labute approximate surface area is 143 Å². The number of anilines is 1. The van der Waals surface area contributed by atoms with Crippen molar-refractivity contribution in [3.63, 3.8) is 0 Å². The van der Waals surface area contributed by atoms with Gasteiger partial charge in [0, 0.05) is 35.8 Å². The zero-order chi connectivity index (χ0) is 16.8. The molecule has 0 radical (unpaired) electrons. The van der Waals surface area contributed by atoms with E-state index >= 15 is 0 Å². The number of fused-ring (bicyclic) bond motifs is 1. The lowest BCUT2D eigenvalue weighted by Gasteiger charge is -2.22. The molecular formula is C21H24N2O. The molecule has 0 fully saturated rings. The number of aromatic nitrogens is 1. The Morgan fingerprint density at radius 2 is 1.79 bits per heavy atom. The Balaban J connectivity index is 1.71. The molecule has 124 valence electrons. The van der Waals surface area contributed by atoms with E-state index in [9.17, 15) is 4.79 Å². The first-order valence-electron chi connectivity index (χ1n) is 8.70. The number of aryl methyl sites for hydroxylation is 1. The molecule has 0 unspecified atom stereocenters. The van der Waals surface area contributed by atoms with Crippen LogP contribution in [0.4, 0.5) is 5.69 Å². The van der Waals surface area contributed by atoms with Crippen molar-refractivity contribution in [3.8, 4) is 0 Å². The number of H-pyrrole nitrogens is 1. The van der Waals surface area contributed by atoms with Gasteiger partial charge in [-0.3, -0.25) is 4.79 Å². The van der Waals surface area contributed by atoms with E-state index in [4.69, 9.17) is 0 Å². The number of hydrogen-bond donors (Lipinski definition) is 1. The second-order valence-corrected chi connectivity index (χ2v) is 6.09. The molecule has 0 aliphatic rings. The van der Waals surface area contributed by atoms with Gasteiger partial charge in [0.25, 0.3) is 0 Å². The number of nitrogens with one attached hydrogen (secondary N) is 1. The summed E-state index contributed by atoms with van der Waals surface area (Å²) >= 11 is 0. The highest BCUT2D eigenvalue weighted by Gasteiger charge is 2.15. The molecule has 1 N–H and O–H groups in total. The zero-order valence-electron chi connectivity index (χ0n) is 14.2. The molecule has 0 aliphatic heterocycles. The summed E-state index contributed by atoms with van der Waals surface area (Å²) in [5, 5.41) is 1.21. The first-order chi connectivity index (χ1) is 11.8. The fourth-order valence-corrected chi connectivity index (χ4v) is 3.04. The predicted octanol–water partition coefficient (Wildman–Crippen LogP) is 4.93. The van der Waals surface area contributed by atoms with Gasteiger partial charge >= 0.3 is 0 Å². The van der Waals surface area contributed by atoms with Gasteiger partial charge in [0.1, 0.15) is 0 Å². The van der Waals surface area contributed by atoms with E-state index in [0.29, 0.717) is 6.42 Å². The molecular weight excluding hydrogens is 296 g/mol. The van der Waals surface area contributed by atoms with Gasteiger partial charge in [-0.05, 0) is 36.6 Å². The molecule has 3 aromatic rings. The first-order valence-corrected chi connectivity index (χ1v) is 8.70. The normalized spacial score (nSPS) is 10.9. The fourth-order valence-electron chi connectivity index (χ4n) is 3.04. The second-order valence-electron chi connectivity index (χ2n) is 6.09. The molecule has 0 saturated heterocycles. The zero-order valence-corrected chi connectivity index (χ0v) is 14.2. The molecule has 1 amide bonds. The van der Waals surface area contributed by atoms with Gasteiger partial charge in [0.2, 0.25) is 5.91 Å². The van der Waals surface area contributed by atoms with Crippen LogP contribution in [0.25, 0.3) is 10.9 Å². The summed E-state index contributed by atoms with van der Waals surface area (Å²) in [5.74, 6) is 0.194. The number of carbonyl (C=O) groups excluding carboxylic acids is 1. The molecule has 1 heterocycles. The van der Waals surface area contributed by atoms with E-state index in [-0.39, 0.29) is 5.91 Å². The third-order valence-electron chi connectivity index (χ3n) is 4.39. The predicted molar refractivity (Wildman–Crippen MR) is 100 cm³/mol. The minimum Gasteiger partial charge on any atom is -0.361 e. The van der Waals surface area contributed by atoms with Crippen LogP contribution in [0, 0.1) is 0 Å². The van der Waals surface area contributed by atoms with Crippen LogP contribution in [0.3, 0.4) is 0 Å². The van der Waals surface area contributed by atoms with Crippen LogP contribution < -0.4 is 4.90 Å². The van der Waals surface area contributed by atoms with E-state index in [0.717, 1.165) is 37.0 Å². The van der Waals surface area contributed by atoms with Crippen molar-refractivity contribution >= 4 is 22.5 Å². The lowest BCUT2D eigenvalue weighted by molar-refractivity contribution is -0.118. The molecule has 0 atom stereocenters. The van der Waals surface area contributed by atoms with Crippen LogP contribution in [0.2, 0.25) is 0 Å². The third kappa shape index (κ3) is 3.67. The number of nitrogens with zero attached hydrogens (tertiary/aromatic N) is 1. The van der Waals surface area contributed by atoms with Crippen molar-refractivity contribution in [1.82, 2.24) is 4.98 Å². The highest BCUT2D eigenvalue weighted by Crippen LogP contribution is 2.21. The number of hydrogen-bond acceptors (Lipinski definition) is 1. The summed E-state index contributed by atoms with van der Waals surface area (Å²) in [4.78, 5) is 18.0. The van der Waals surface area contributed by atoms with Gasteiger partial charge in [-0.15, -0.1) is 0 Å². The summed E-state index contributed by atoms with van der Waals surface area (Å²) in [6.45, 7) is 2.94. The lowest BCUT2D eigenvalue weighted by Crippen LogP contribution is -2.32. The highest BCUT2D eigenvalue weighted by atomic mass is 16.2. The molecule has 1 aromatic heterocycles. The Kier molecular flexibility index (Phi) is 5.32. The van der Waals surface area contributed by atoms with Gasteiger partial charge in [0.05, 0.1) is 0 Å². The number of aromatic amines is 1. The number of amides is 1. The van der Waals surface area contributed by atoms with Gasteiger partial charge in [-0.1, -0.05) is 49.7 Å². The Morgan fingerprint density at radius 3 is 2.58 bits per heavy atom. The van der Waals surface area contributed by atoms with Crippen molar-refractivity contribution in [2.45, 2.75) is 32.6 Å². The van der Waals surface area contributed by atoms with Crippen LogP contribution >= 0.6 is 0 Å². The number of rotatable bonds is 7. The van der Waals surface area contributed by atoms with Crippen molar-refractivity contribution in [2.75, 3.05) is 11.4 Å². The van der Waals surface area contributed by atoms with Gasteiger partial charge < -0.3 is 9.88 Å². The third-order valence-corrected chi connectivity index (χ3v) is 4.39. The summed E-state index contributed by atoms with van der Waals surface area (Å²) < 4.78 is 0. The lowest BCUT2D eigenvalue weighted by atomic mass is 10.1. The molecule has 2 aromatic carbocycles. The average Bonchev–Trinajstić information content (AvgIpc) is 3.04. The van der Waals surface area contributed by atoms with Crippen LogP contribution in [-0.2, 0) is 11.2 Å².